The summed E-state index contributed by atoms with van der Waals surface area (Å²) in [6.45, 7) is 2.39. The molecule has 1 heterocycles. The van der Waals surface area contributed by atoms with Gasteiger partial charge in [0, 0.05) is 32.5 Å². The summed E-state index contributed by atoms with van der Waals surface area (Å²) in [5, 5.41) is 0. The highest BCUT2D eigenvalue weighted by Gasteiger charge is 2.12. The highest BCUT2D eigenvalue weighted by molar-refractivity contribution is 5.49. The maximum Gasteiger partial charge on any atom is 0.146 e. The van der Waals surface area contributed by atoms with E-state index in [0.29, 0.717) is 12.2 Å². The quantitative estimate of drug-likeness (QED) is 0.919. The van der Waals surface area contributed by atoms with Gasteiger partial charge in [-0.25, -0.2) is 9.37 Å². The molecule has 2 rings (SSSR count). The Hall–Kier alpha value is -1.88. The van der Waals surface area contributed by atoms with E-state index in [2.05, 4.69) is 4.98 Å². The van der Waals surface area contributed by atoms with E-state index in [4.69, 9.17) is 5.73 Å². The highest BCUT2D eigenvalue weighted by atomic mass is 19.1. The molecule has 0 amide bonds. The molecule has 0 fully saturated rings. The Kier molecular flexibility index (Phi) is 3.85. The van der Waals surface area contributed by atoms with Crippen LogP contribution in [0.4, 0.5) is 10.1 Å². The lowest BCUT2D eigenvalue weighted by Crippen LogP contribution is -2.20. The number of anilines is 1. The molecule has 0 spiro atoms. The predicted octanol–water partition coefficient (Wildman–Crippen LogP) is 2.22. The molecule has 2 N–H and O–H groups in total. The monoisotopic (exact) mass is 262 g/mol. The third kappa shape index (κ3) is 2.93. The first-order valence-electron chi connectivity index (χ1n) is 6.21. The van der Waals surface area contributed by atoms with E-state index in [1.165, 1.54) is 6.07 Å². The van der Waals surface area contributed by atoms with E-state index in [-0.39, 0.29) is 11.9 Å². The van der Waals surface area contributed by atoms with E-state index in [1.54, 1.807) is 12.3 Å². The highest BCUT2D eigenvalue weighted by Crippen LogP contribution is 2.22. The van der Waals surface area contributed by atoms with Crippen molar-refractivity contribution in [3.05, 3.63) is 47.8 Å². The number of hydrogen-bond donors (Lipinski definition) is 1. The fraction of sp³-hybridized carbons (Fsp3) is 0.357. The zero-order chi connectivity index (χ0) is 14.0. The number of aromatic nitrogens is 2. The molecule has 2 aromatic rings. The minimum Gasteiger partial charge on any atom is -0.365 e. The van der Waals surface area contributed by atoms with E-state index in [0.717, 1.165) is 11.4 Å². The summed E-state index contributed by atoms with van der Waals surface area (Å²) < 4.78 is 16.0. The van der Waals surface area contributed by atoms with Crippen molar-refractivity contribution < 1.29 is 4.39 Å². The molecule has 0 aliphatic carbocycles. The van der Waals surface area contributed by atoms with Crippen molar-refractivity contribution in [2.45, 2.75) is 19.5 Å². The number of aryl methyl sites for hydroxylation is 1. The number of hydrogen-bond acceptors (Lipinski definition) is 3. The van der Waals surface area contributed by atoms with Gasteiger partial charge < -0.3 is 15.2 Å². The van der Waals surface area contributed by atoms with Gasteiger partial charge >= 0.3 is 0 Å². The molecule has 1 unspecified atom stereocenters. The molecule has 0 saturated heterocycles. The van der Waals surface area contributed by atoms with Gasteiger partial charge in [0.15, 0.2) is 0 Å². The maximum atomic E-state index is 14.1. The lowest BCUT2D eigenvalue weighted by molar-refractivity contribution is 0.614. The van der Waals surface area contributed by atoms with Crippen LogP contribution >= 0.6 is 0 Å². The Bertz CT molecular complexity index is 562. The molecule has 5 heteroatoms. The van der Waals surface area contributed by atoms with Crippen LogP contribution in [0.3, 0.4) is 0 Å². The molecule has 0 bridgehead atoms. The van der Waals surface area contributed by atoms with Crippen LogP contribution in [0.1, 0.15) is 24.4 Å². The number of nitrogens with zero attached hydrogens (tertiary/aromatic N) is 3. The van der Waals surface area contributed by atoms with E-state index < -0.39 is 0 Å². The van der Waals surface area contributed by atoms with Crippen LogP contribution in [0.5, 0.6) is 0 Å². The Labute approximate surface area is 112 Å². The SMILES string of the molecule is CC(N)c1ccc(N(C)Cc2nccn2C)c(F)c1. The molecule has 0 radical (unpaired) electrons. The fourth-order valence-electron chi connectivity index (χ4n) is 1.96. The molecular formula is C14H19FN4. The lowest BCUT2D eigenvalue weighted by Gasteiger charge is -2.20. The first-order chi connectivity index (χ1) is 8.99. The molecule has 1 aromatic carbocycles. The molecule has 0 aliphatic heterocycles. The molecule has 1 aromatic heterocycles. The van der Waals surface area contributed by atoms with Crippen LogP contribution in [0.15, 0.2) is 30.6 Å². The summed E-state index contributed by atoms with van der Waals surface area (Å²) in [6, 6.07) is 4.95. The molecular weight excluding hydrogens is 243 g/mol. The van der Waals surface area contributed by atoms with Gasteiger partial charge in [0.05, 0.1) is 12.2 Å². The lowest BCUT2D eigenvalue weighted by atomic mass is 10.1. The van der Waals surface area contributed by atoms with E-state index in [1.807, 2.05) is 42.7 Å². The van der Waals surface area contributed by atoms with Crippen molar-refractivity contribution in [2.75, 3.05) is 11.9 Å². The molecule has 102 valence electrons. The van der Waals surface area contributed by atoms with Crippen molar-refractivity contribution in [1.29, 1.82) is 0 Å². The van der Waals surface area contributed by atoms with Gasteiger partial charge in [-0.2, -0.15) is 0 Å². The molecule has 4 nitrogen and oxygen atoms in total. The van der Waals surface area contributed by atoms with Crippen molar-refractivity contribution in [1.82, 2.24) is 9.55 Å². The molecule has 1 atom stereocenters. The second-order valence-corrected chi connectivity index (χ2v) is 4.81. The normalized spacial score (nSPS) is 12.5. The van der Waals surface area contributed by atoms with Gasteiger partial charge in [0.25, 0.3) is 0 Å². The van der Waals surface area contributed by atoms with Gasteiger partial charge in [-0.15, -0.1) is 0 Å². The van der Waals surface area contributed by atoms with Crippen LogP contribution in [-0.4, -0.2) is 16.6 Å². The van der Waals surface area contributed by atoms with Crippen LogP contribution < -0.4 is 10.6 Å². The second-order valence-electron chi connectivity index (χ2n) is 4.81. The van der Waals surface area contributed by atoms with Crippen LogP contribution in [0, 0.1) is 5.82 Å². The fourth-order valence-corrected chi connectivity index (χ4v) is 1.96. The number of benzene rings is 1. The van der Waals surface area contributed by atoms with Crippen molar-refractivity contribution in [2.24, 2.45) is 12.8 Å². The van der Waals surface area contributed by atoms with Gasteiger partial charge in [0.1, 0.15) is 11.6 Å². The minimum atomic E-state index is -0.258. The Morgan fingerprint density at radius 3 is 2.74 bits per heavy atom. The predicted molar refractivity (Wildman–Crippen MR) is 74.3 cm³/mol. The average molecular weight is 262 g/mol. The molecule has 0 saturated carbocycles. The third-order valence-electron chi connectivity index (χ3n) is 3.21. The summed E-state index contributed by atoms with van der Waals surface area (Å²) in [4.78, 5) is 6.07. The maximum absolute atomic E-state index is 14.1. The number of nitrogens with two attached hydrogens (primary N) is 1. The van der Waals surface area contributed by atoms with Crippen LogP contribution in [-0.2, 0) is 13.6 Å². The largest absolute Gasteiger partial charge is 0.365 e. The third-order valence-corrected chi connectivity index (χ3v) is 3.21. The smallest absolute Gasteiger partial charge is 0.146 e. The molecule has 0 aliphatic rings. The number of rotatable bonds is 4. The van der Waals surface area contributed by atoms with E-state index >= 15 is 0 Å². The standard InChI is InChI=1S/C14H19FN4/c1-10(16)11-4-5-13(12(15)8-11)19(3)9-14-17-6-7-18(14)2/h4-8,10H,9,16H2,1-3H3. The Morgan fingerprint density at radius 2 is 2.21 bits per heavy atom. The van der Waals surface area contributed by atoms with Gasteiger partial charge in [-0.3, -0.25) is 0 Å². The Balaban J connectivity index is 2.20. The summed E-state index contributed by atoms with van der Waals surface area (Å²) in [5.74, 6) is 0.629. The Morgan fingerprint density at radius 1 is 1.47 bits per heavy atom. The number of imidazole rings is 1. The summed E-state index contributed by atoms with van der Waals surface area (Å²) >= 11 is 0. The first-order valence-corrected chi connectivity index (χ1v) is 6.21. The zero-order valence-electron chi connectivity index (χ0n) is 11.5. The van der Waals surface area contributed by atoms with Gasteiger partial charge in [-0.1, -0.05) is 6.07 Å². The zero-order valence-corrected chi connectivity index (χ0v) is 11.5. The summed E-state index contributed by atoms with van der Waals surface area (Å²) in [7, 11) is 3.77. The van der Waals surface area contributed by atoms with E-state index in [9.17, 15) is 4.39 Å². The van der Waals surface area contributed by atoms with Crippen molar-refractivity contribution >= 4 is 5.69 Å². The van der Waals surface area contributed by atoms with Crippen molar-refractivity contribution in [3.8, 4) is 0 Å². The number of halogens is 1. The topological polar surface area (TPSA) is 47.1 Å². The second kappa shape index (κ2) is 5.40. The van der Waals surface area contributed by atoms with Crippen LogP contribution in [0.2, 0.25) is 0 Å². The summed E-state index contributed by atoms with van der Waals surface area (Å²) in [5.41, 5.74) is 7.09. The van der Waals surface area contributed by atoms with Crippen molar-refractivity contribution in [3.63, 3.8) is 0 Å². The minimum absolute atomic E-state index is 0.164. The van der Waals surface area contributed by atoms with Gasteiger partial charge in [-0.05, 0) is 24.6 Å². The van der Waals surface area contributed by atoms with Gasteiger partial charge in [0.2, 0.25) is 0 Å². The molecule has 19 heavy (non-hydrogen) atoms. The first kappa shape index (κ1) is 13.5. The summed E-state index contributed by atoms with van der Waals surface area (Å²) in [6.07, 6.45) is 3.61. The average Bonchev–Trinajstić information content (AvgIpc) is 2.74. The van der Waals surface area contributed by atoms with Crippen LogP contribution in [0.25, 0.3) is 0 Å².